The minimum absolute atomic E-state index is 0.00836. The van der Waals surface area contributed by atoms with Crippen molar-refractivity contribution in [3.63, 3.8) is 0 Å². The highest BCUT2D eigenvalue weighted by atomic mass is 16.6. The van der Waals surface area contributed by atoms with Crippen LogP contribution in [-0.4, -0.2) is 10.8 Å². The Balaban J connectivity index is 1.35. The SMILES string of the molecule is C=C(NNC(=O)c1ccc(COc2ccccc2-c2ccccc2)cc1)c1ccc(C)c([N+](=O)[O-])c1. The predicted molar refractivity (Wildman–Crippen MR) is 140 cm³/mol. The average Bonchev–Trinajstić information content (AvgIpc) is 2.91. The molecule has 2 N–H and O–H groups in total. The number of nitro benzene ring substituents is 1. The first-order valence-corrected chi connectivity index (χ1v) is 11.3. The highest BCUT2D eigenvalue weighted by Crippen LogP contribution is 2.30. The van der Waals surface area contributed by atoms with Gasteiger partial charge in [-0.1, -0.05) is 79.4 Å². The van der Waals surface area contributed by atoms with Crippen molar-refractivity contribution in [2.45, 2.75) is 13.5 Å². The molecule has 4 aromatic rings. The molecule has 4 rings (SSSR count). The molecule has 1 amide bonds. The van der Waals surface area contributed by atoms with Crippen LogP contribution in [0.15, 0.2) is 104 Å². The first-order valence-electron chi connectivity index (χ1n) is 11.3. The lowest BCUT2D eigenvalue weighted by Gasteiger charge is -2.13. The number of rotatable bonds is 9. The van der Waals surface area contributed by atoms with Gasteiger partial charge in [0.15, 0.2) is 0 Å². The lowest BCUT2D eigenvalue weighted by Crippen LogP contribution is -2.35. The number of ether oxygens (including phenoxy) is 1. The second-order valence-electron chi connectivity index (χ2n) is 8.16. The zero-order valence-electron chi connectivity index (χ0n) is 19.7. The molecule has 0 heterocycles. The maximum atomic E-state index is 12.5. The van der Waals surface area contributed by atoms with E-state index >= 15 is 0 Å². The molecule has 0 saturated carbocycles. The molecule has 0 aliphatic heterocycles. The van der Waals surface area contributed by atoms with Gasteiger partial charge in [-0.3, -0.25) is 25.8 Å². The molecule has 0 aliphatic rings. The van der Waals surface area contributed by atoms with Crippen LogP contribution >= 0.6 is 0 Å². The van der Waals surface area contributed by atoms with Crippen LogP contribution < -0.4 is 15.6 Å². The molecule has 0 atom stereocenters. The van der Waals surface area contributed by atoms with Crippen molar-refractivity contribution in [2.24, 2.45) is 0 Å². The van der Waals surface area contributed by atoms with Crippen molar-refractivity contribution in [3.8, 4) is 16.9 Å². The quantitative estimate of drug-likeness (QED) is 0.225. The Bertz CT molecular complexity index is 1400. The molecule has 7 heteroatoms. The third-order valence-corrected chi connectivity index (χ3v) is 5.66. The van der Waals surface area contributed by atoms with Crippen LogP contribution in [0.25, 0.3) is 16.8 Å². The van der Waals surface area contributed by atoms with E-state index < -0.39 is 4.92 Å². The molecule has 7 nitrogen and oxygen atoms in total. The van der Waals surface area contributed by atoms with Gasteiger partial charge < -0.3 is 4.74 Å². The predicted octanol–water partition coefficient (Wildman–Crippen LogP) is 6.05. The Kier molecular flexibility index (Phi) is 7.41. The Hall–Kier alpha value is -4.91. The monoisotopic (exact) mass is 479 g/mol. The number of benzene rings is 4. The number of aryl methyl sites for hydroxylation is 1. The molecule has 0 unspecified atom stereocenters. The molecule has 180 valence electrons. The van der Waals surface area contributed by atoms with E-state index in [2.05, 4.69) is 17.4 Å². The van der Waals surface area contributed by atoms with Crippen molar-refractivity contribution in [3.05, 3.63) is 136 Å². The Morgan fingerprint density at radius 2 is 1.56 bits per heavy atom. The van der Waals surface area contributed by atoms with Crippen LogP contribution in [0.3, 0.4) is 0 Å². The molecule has 0 radical (unpaired) electrons. The van der Waals surface area contributed by atoms with E-state index in [-0.39, 0.29) is 11.6 Å². The number of hydrogen-bond donors (Lipinski definition) is 2. The Morgan fingerprint density at radius 1 is 0.889 bits per heavy atom. The van der Waals surface area contributed by atoms with Crippen LogP contribution in [0, 0.1) is 17.0 Å². The second-order valence-corrected chi connectivity index (χ2v) is 8.16. The van der Waals surface area contributed by atoms with E-state index in [1.54, 1.807) is 31.2 Å². The van der Waals surface area contributed by atoms with Crippen LogP contribution in [0.1, 0.15) is 27.0 Å². The summed E-state index contributed by atoms with van der Waals surface area (Å²) < 4.78 is 6.07. The lowest BCUT2D eigenvalue weighted by atomic mass is 10.0. The summed E-state index contributed by atoms with van der Waals surface area (Å²) >= 11 is 0. The second kappa shape index (κ2) is 11.0. The molecule has 0 bridgehead atoms. The Morgan fingerprint density at radius 3 is 2.28 bits per heavy atom. The van der Waals surface area contributed by atoms with Crippen LogP contribution in [-0.2, 0) is 6.61 Å². The summed E-state index contributed by atoms with van der Waals surface area (Å²) in [5.74, 6) is 0.421. The summed E-state index contributed by atoms with van der Waals surface area (Å²) in [4.78, 5) is 23.3. The van der Waals surface area contributed by atoms with Crippen molar-refractivity contribution < 1.29 is 14.5 Å². The average molecular weight is 480 g/mol. The largest absolute Gasteiger partial charge is 0.488 e. The van der Waals surface area contributed by atoms with Gasteiger partial charge in [-0.05, 0) is 36.2 Å². The molecule has 4 aromatic carbocycles. The fourth-order valence-corrected chi connectivity index (χ4v) is 3.63. The van der Waals surface area contributed by atoms with Gasteiger partial charge in [-0.25, -0.2) is 0 Å². The van der Waals surface area contributed by atoms with E-state index in [4.69, 9.17) is 4.74 Å². The van der Waals surface area contributed by atoms with E-state index in [0.717, 1.165) is 22.4 Å². The molecule has 0 spiro atoms. The van der Waals surface area contributed by atoms with Gasteiger partial charge in [-0.2, -0.15) is 0 Å². The normalized spacial score (nSPS) is 10.4. The first-order chi connectivity index (χ1) is 17.4. The van der Waals surface area contributed by atoms with E-state index in [1.807, 2.05) is 66.7 Å². The molecule has 0 saturated heterocycles. The van der Waals surface area contributed by atoms with E-state index in [9.17, 15) is 14.9 Å². The maximum absolute atomic E-state index is 12.5. The van der Waals surface area contributed by atoms with Gasteiger partial charge in [0.05, 0.1) is 10.6 Å². The number of amides is 1. The van der Waals surface area contributed by atoms with Gasteiger partial charge in [0.1, 0.15) is 12.4 Å². The number of para-hydroxylation sites is 1. The summed E-state index contributed by atoms with van der Waals surface area (Å²) in [6, 6.07) is 29.7. The number of nitro groups is 1. The third kappa shape index (κ3) is 5.77. The summed E-state index contributed by atoms with van der Waals surface area (Å²) in [5.41, 5.74) is 10.1. The molecule has 0 aliphatic carbocycles. The summed E-state index contributed by atoms with van der Waals surface area (Å²) in [6.07, 6.45) is 0. The smallest absolute Gasteiger partial charge is 0.272 e. The van der Waals surface area contributed by atoms with E-state index in [0.29, 0.717) is 29.0 Å². The maximum Gasteiger partial charge on any atom is 0.272 e. The number of carbonyl (C=O) groups excluding carboxylic acids is 1. The minimum atomic E-state index is -0.448. The number of hydrazine groups is 1. The van der Waals surface area contributed by atoms with Gasteiger partial charge in [-0.15, -0.1) is 0 Å². The number of carbonyl (C=O) groups is 1. The summed E-state index contributed by atoms with van der Waals surface area (Å²) in [7, 11) is 0. The van der Waals surface area contributed by atoms with Gasteiger partial charge in [0.2, 0.25) is 0 Å². The molecular formula is C29H25N3O4. The standard InChI is InChI=1S/C29H25N3O4/c1-20-12-15-25(18-27(20)32(34)35)21(2)30-31-29(33)24-16-13-22(14-17-24)19-36-28-11-7-6-10-26(28)23-8-4-3-5-9-23/h3-18,30H,2,19H2,1H3,(H,31,33). The van der Waals surface area contributed by atoms with Crippen LogP contribution in [0.4, 0.5) is 5.69 Å². The van der Waals surface area contributed by atoms with Gasteiger partial charge >= 0.3 is 0 Å². The summed E-state index contributed by atoms with van der Waals surface area (Å²) in [6.45, 7) is 5.87. The Labute approximate surface area is 209 Å². The van der Waals surface area contributed by atoms with Crippen molar-refractivity contribution >= 4 is 17.3 Å². The van der Waals surface area contributed by atoms with E-state index in [1.165, 1.54) is 6.07 Å². The number of hydrogen-bond acceptors (Lipinski definition) is 5. The zero-order valence-corrected chi connectivity index (χ0v) is 19.7. The first kappa shape index (κ1) is 24.2. The van der Waals surface area contributed by atoms with Gasteiger partial charge in [0.25, 0.3) is 11.6 Å². The molecule has 0 fully saturated rings. The number of nitrogens with one attached hydrogen (secondary N) is 2. The highest BCUT2D eigenvalue weighted by Gasteiger charge is 2.13. The van der Waals surface area contributed by atoms with Crippen molar-refractivity contribution in [1.29, 1.82) is 0 Å². The third-order valence-electron chi connectivity index (χ3n) is 5.66. The van der Waals surface area contributed by atoms with Crippen LogP contribution in [0.2, 0.25) is 0 Å². The molecular weight excluding hydrogens is 454 g/mol. The lowest BCUT2D eigenvalue weighted by molar-refractivity contribution is -0.385. The zero-order chi connectivity index (χ0) is 25.5. The topological polar surface area (TPSA) is 93.5 Å². The van der Waals surface area contributed by atoms with Crippen molar-refractivity contribution in [2.75, 3.05) is 0 Å². The van der Waals surface area contributed by atoms with Crippen molar-refractivity contribution in [1.82, 2.24) is 10.9 Å². The fourth-order valence-electron chi connectivity index (χ4n) is 3.63. The summed E-state index contributed by atoms with van der Waals surface area (Å²) in [5, 5.41) is 11.2. The molecule has 0 aromatic heterocycles. The minimum Gasteiger partial charge on any atom is -0.488 e. The fraction of sp³-hybridized carbons (Fsp3) is 0.0690. The molecule has 36 heavy (non-hydrogen) atoms. The van der Waals surface area contributed by atoms with Gasteiger partial charge in [0, 0.05) is 28.3 Å². The van der Waals surface area contributed by atoms with Crippen LogP contribution in [0.5, 0.6) is 5.75 Å². The number of nitrogens with zero attached hydrogens (tertiary/aromatic N) is 1. The highest BCUT2D eigenvalue weighted by molar-refractivity contribution is 5.94.